The van der Waals surface area contributed by atoms with Crippen molar-refractivity contribution in [1.29, 1.82) is 0 Å². The van der Waals surface area contributed by atoms with E-state index in [0.29, 0.717) is 0 Å². The van der Waals surface area contributed by atoms with Gasteiger partial charge in [0.25, 0.3) is 0 Å². The van der Waals surface area contributed by atoms with Crippen molar-refractivity contribution >= 4 is 0 Å². The molecule has 62 valence electrons. The predicted molar refractivity (Wildman–Crippen MR) is 48.1 cm³/mol. The van der Waals surface area contributed by atoms with Gasteiger partial charge in [-0.1, -0.05) is 31.6 Å². The molecule has 0 aromatic carbocycles. The number of allylic oxidation sites excluding steroid dienone is 6. The first kappa shape index (κ1) is 10.2. The molecule has 0 nitrogen and oxygen atoms in total. The molecular weight excluding hydrogens is 139 g/mol. The van der Waals surface area contributed by atoms with E-state index in [4.69, 9.17) is 0 Å². The van der Waals surface area contributed by atoms with E-state index in [0.717, 1.165) is 12.0 Å². The van der Waals surface area contributed by atoms with Crippen molar-refractivity contribution in [3.8, 4) is 0 Å². The van der Waals surface area contributed by atoms with E-state index in [1.54, 1.807) is 0 Å². The largest absolute Gasteiger partial charge is 0.207 e. The Morgan fingerprint density at radius 2 is 2.00 bits per heavy atom. The van der Waals surface area contributed by atoms with Crippen LogP contribution in [-0.4, -0.2) is 0 Å². The summed E-state index contributed by atoms with van der Waals surface area (Å²) < 4.78 is 12.4. The lowest BCUT2D eigenvalue weighted by Crippen LogP contribution is -1.65. The van der Waals surface area contributed by atoms with Crippen molar-refractivity contribution in [1.82, 2.24) is 0 Å². The average molecular weight is 154 g/mol. The maximum absolute atomic E-state index is 12.4. The van der Waals surface area contributed by atoms with Crippen LogP contribution in [0.25, 0.3) is 0 Å². The first-order valence-electron chi connectivity index (χ1n) is 3.99. The monoisotopic (exact) mass is 154 g/mol. The molecule has 11 heavy (non-hydrogen) atoms. The van der Waals surface area contributed by atoms with E-state index in [2.05, 4.69) is 0 Å². The Morgan fingerprint density at radius 3 is 2.64 bits per heavy atom. The molecule has 0 radical (unpaired) electrons. The number of hydrogen-bond donors (Lipinski definition) is 0. The van der Waals surface area contributed by atoms with Gasteiger partial charge < -0.3 is 0 Å². The number of halogens is 1. The number of hydrogen-bond acceptors (Lipinski definition) is 0. The Hall–Kier alpha value is -0.850. The van der Waals surface area contributed by atoms with Gasteiger partial charge in [0.15, 0.2) is 0 Å². The second-order valence-corrected chi connectivity index (χ2v) is 2.12. The Kier molecular flexibility index (Phi) is 5.44. The van der Waals surface area contributed by atoms with Crippen molar-refractivity contribution in [2.45, 2.75) is 27.2 Å². The van der Waals surface area contributed by atoms with Crippen LogP contribution in [0.1, 0.15) is 27.2 Å². The molecule has 0 amide bonds. The summed E-state index contributed by atoms with van der Waals surface area (Å²) in [6.07, 6.45) is 7.66. The van der Waals surface area contributed by atoms with Crippen LogP contribution in [0.15, 0.2) is 35.7 Å². The Morgan fingerprint density at radius 1 is 1.36 bits per heavy atom. The lowest BCUT2D eigenvalue weighted by molar-refractivity contribution is 0.666. The molecular formula is C10H15F. The molecule has 0 N–H and O–H groups in total. The van der Waals surface area contributed by atoms with Crippen LogP contribution >= 0.6 is 0 Å². The zero-order valence-electron chi connectivity index (χ0n) is 7.39. The first-order valence-corrected chi connectivity index (χ1v) is 3.99. The van der Waals surface area contributed by atoms with Gasteiger partial charge in [-0.2, -0.15) is 0 Å². The Labute approximate surface area is 68.1 Å². The molecule has 1 rings (SSSR count). The molecule has 0 aromatic heterocycles. The van der Waals surface area contributed by atoms with E-state index < -0.39 is 0 Å². The molecule has 0 saturated carbocycles. The van der Waals surface area contributed by atoms with Gasteiger partial charge in [-0.05, 0) is 25.5 Å². The molecule has 0 aromatic rings. The Bertz CT molecular complexity index is 185. The summed E-state index contributed by atoms with van der Waals surface area (Å²) >= 11 is 0. The van der Waals surface area contributed by atoms with E-state index >= 15 is 0 Å². The lowest BCUT2D eigenvalue weighted by atomic mass is 10.2. The van der Waals surface area contributed by atoms with Gasteiger partial charge in [0.1, 0.15) is 5.83 Å². The molecule has 1 aliphatic carbocycles. The highest BCUT2D eigenvalue weighted by Gasteiger charge is 1.91. The highest BCUT2D eigenvalue weighted by atomic mass is 19.1. The maximum atomic E-state index is 12.4. The minimum Gasteiger partial charge on any atom is -0.207 e. The van der Waals surface area contributed by atoms with Gasteiger partial charge in [-0.3, -0.25) is 0 Å². The van der Waals surface area contributed by atoms with Crippen LogP contribution in [0, 0.1) is 0 Å². The van der Waals surface area contributed by atoms with Crippen molar-refractivity contribution in [2.24, 2.45) is 0 Å². The summed E-state index contributed by atoms with van der Waals surface area (Å²) in [7, 11) is 0. The third kappa shape index (κ3) is 4.54. The highest BCUT2D eigenvalue weighted by molar-refractivity contribution is 5.28. The van der Waals surface area contributed by atoms with Gasteiger partial charge in [0.05, 0.1) is 0 Å². The fourth-order valence-corrected chi connectivity index (χ4v) is 0.759. The molecule has 0 bridgehead atoms. The smallest absolute Gasteiger partial charge is 0.123 e. The van der Waals surface area contributed by atoms with Crippen LogP contribution in [0.4, 0.5) is 4.39 Å². The highest BCUT2D eigenvalue weighted by Crippen LogP contribution is 2.10. The minimum atomic E-state index is -0.152. The van der Waals surface area contributed by atoms with Crippen LogP contribution < -0.4 is 0 Å². The number of rotatable bonds is 0. The molecule has 0 saturated heterocycles. The van der Waals surface area contributed by atoms with Crippen molar-refractivity contribution in [2.75, 3.05) is 0 Å². The standard InChI is InChI=1S/C8H9F.C2H6/c1-7-4-2-3-5-8(9)6-7;1-2/h3-6H,2H2,1H3;1-2H3. The van der Waals surface area contributed by atoms with Crippen molar-refractivity contribution in [3.63, 3.8) is 0 Å². The van der Waals surface area contributed by atoms with Gasteiger partial charge in [-0.25, -0.2) is 4.39 Å². The second-order valence-electron chi connectivity index (χ2n) is 2.12. The topological polar surface area (TPSA) is 0 Å². The van der Waals surface area contributed by atoms with Crippen molar-refractivity contribution < 1.29 is 4.39 Å². The van der Waals surface area contributed by atoms with Crippen LogP contribution in [0.2, 0.25) is 0 Å². The first-order chi connectivity index (χ1) is 5.29. The molecule has 0 aliphatic heterocycles. The van der Waals surface area contributed by atoms with Crippen molar-refractivity contribution in [3.05, 3.63) is 35.7 Å². The summed E-state index contributed by atoms with van der Waals surface area (Å²) in [5, 5.41) is 0. The van der Waals surface area contributed by atoms with E-state index in [9.17, 15) is 4.39 Å². The van der Waals surface area contributed by atoms with Gasteiger partial charge in [0.2, 0.25) is 0 Å². The SMILES string of the molecule is CC.CC1=CCC=CC(F)=C1. The summed E-state index contributed by atoms with van der Waals surface area (Å²) in [5.74, 6) is -0.152. The second kappa shape index (κ2) is 5.90. The molecule has 0 heterocycles. The molecule has 1 heteroatoms. The fourth-order valence-electron chi connectivity index (χ4n) is 0.759. The lowest BCUT2D eigenvalue weighted by Gasteiger charge is -1.85. The maximum Gasteiger partial charge on any atom is 0.123 e. The summed E-state index contributed by atoms with van der Waals surface area (Å²) in [6, 6.07) is 0. The summed E-state index contributed by atoms with van der Waals surface area (Å²) in [6.45, 7) is 5.90. The summed E-state index contributed by atoms with van der Waals surface area (Å²) in [5.41, 5.74) is 0.998. The fraction of sp³-hybridized carbons (Fsp3) is 0.400. The van der Waals surface area contributed by atoms with Gasteiger partial charge in [0, 0.05) is 0 Å². The molecule has 0 fully saturated rings. The van der Waals surface area contributed by atoms with Crippen LogP contribution in [0.5, 0.6) is 0 Å². The van der Waals surface area contributed by atoms with Gasteiger partial charge >= 0.3 is 0 Å². The minimum absolute atomic E-state index is 0.152. The molecule has 1 aliphatic rings. The molecule has 0 unspecified atom stereocenters. The third-order valence-corrected chi connectivity index (χ3v) is 1.22. The third-order valence-electron chi connectivity index (χ3n) is 1.22. The van der Waals surface area contributed by atoms with Crippen LogP contribution in [-0.2, 0) is 0 Å². The predicted octanol–water partition coefficient (Wildman–Crippen LogP) is 3.77. The quantitative estimate of drug-likeness (QED) is 0.498. The van der Waals surface area contributed by atoms with E-state index in [1.165, 1.54) is 12.2 Å². The average Bonchev–Trinajstić information content (AvgIpc) is 2.18. The normalized spacial score (nSPS) is 15.6. The Balaban J connectivity index is 0.000000461. The van der Waals surface area contributed by atoms with E-state index in [1.807, 2.05) is 32.9 Å². The molecule has 0 atom stereocenters. The zero-order chi connectivity index (χ0) is 8.69. The zero-order valence-corrected chi connectivity index (χ0v) is 7.39. The van der Waals surface area contributed by atoms with E-state index in [-0.39, 0.29) is 5.83 Å². The summed E-state index contributed by atoms with van der Waals surface area (Å²) in [4.78, 5) is 0. The molecule has 0 spiro atoms. The van der Waals surface area contributed by atoms with Gasteiger partial charge in [-0.15, -0.1) is 0 Å². The van der Waals surface area contributed by atoms with Crippen LogP contribution in [0.3, 0.4) is 0 Å².